The molecule has 1 atom stereocenters. The summed E-state index contributed by atoms with van der Waals surface area (Å²) in [6.07, 6.45) is 4.82. The van der Waals surface area contributed by atoms with Gasteiger partial charge in [-0.1, -0.05) is 24.3 Å². The Bertz CT molecular complexity index is 375. The summed E-state index contributed by atoms with van der Waals surface area (Å²) in [6.45, 7) is 0.994. The summed E-state index contributed by atoms with van der Waals surface area (Å²) in [6, 6.07) is 8.60. The summed E-state index contributed by atoms with van der Waals surface area (Å²) in [5.41, 5.74) is 1.36. The summed E-state index contributed by atoms with van der Waals surface area (Å²) in [4.78, 5) is 3.80. The third kappa shape index (κ3) is 1.24. The Morgan fingerprint density at radius 2 is 2.29 bits per heavy atom. The van der Waals surface area contributed by atoms with Gasteiger partial charge in [-0.15, -0.1) is 11.8 Å². The Morgan fingerprint density at radius 3 is 3.14 bits per heavy atom. The first-order chi connectivity index (χ1) is 6.95. The van der Waals surface area contributed by atoms with Gasteiger partial charge in [-0.25, -0.2) is 0 Å². The van der Waals surface area contributed by atoms with E-state index in [1.807, 2.05) is 11.8 Å². The first kappa shape index (κ1) is 8.38. The maximum absolute atomic E-state index is 3.44. The third-order valence-corrected chi connectivity index (χ3v) is 3.70. The van der Waals surface area contributed by atoms with Gasteiger partial charge in [-0.3, -0.25) is 5.32 Å². The third-order valence-electron chi connectivity index (χ3n) is 2.63. The average molecular weight is 204 g/mol. The molecule has 0 radical (unpaired) electrons. The van der Waals surface area contributed by atoms with Crippen LogP contribution in [0, 0.1) is 0 Å². The number of rotatable bonds is 1. The number of nitrogens with one attached hydrogen (secondary N) is 1. The number of anilines is 1. The van der Waals surface area contributed by atoms with Gasteiger partial charge in [-0.05, 0) is 12.1 Å². The Morgan fingerprint density at radius 1 is 1.36 bits per heavy atom. The Labute approximate surface area is 88.0 Å². The van der Waals surface area contributed by atoms with Crippen LogP contribution in [0.3, 0.4) is 0 Å². The molecule has 1 unspecified atom stereocenters. The van der Waals surface area contributed by atoms with E-state index < -0.39 is 0 Å². The lowest BCUT2D eigenvalue weighted by Crippen LogP contribution is -2.40. The van der Waals surface area contributed by atoms with Gasteiger partial charge in [0.15, 0.2) is 0 Å². The molecule has 0 aromatic heterocycles. The minimum atomic E-state index is 0.395. The molecule has 3 rings (SSSR count). The maximum atomic E-state index is 3.44. The summed E-state index contributed by atoms with van der Waals surface area (Å²) >= 11 is 1.91. The number of hydrogen-bond acceptors (Lipinski definition) is 3. The lowest BCUT2D eigenvalue weighted by atomic mass is 10.3. The van der Waals surface area contributed by atoms with Crippen molar-refractivity contribution in [1.82, 2.24) is 5.32 Å². The van der Waals surface area contributed by atoms with Crippen LogP contribution in [0.1, 0.15) is 0 Å². The number of thioether (sulfide) groups is 1. The van der Waals surface area contributed by atoms with Crippen LogP contribution in [0.4, 0.5) is 5.69 Å². The Kier molecular flexibility index (Phi) is 2.00. The van der Waals surface area contributed by atoms with Crippen LogP contribution in [0.15, 0.2) is 41.3 Å². The van der Waals surface area contributed by atoms with Crippen LogP contribution >= 0.6 is 11.8 Å². The molecule has 0 bridgehead atoms. The zero-order chi connectivity index (χ0) is 9.38. The van der Waals surface area contributed by atoms with Gasteiger partial charge in [-0.2, -0.15) is 0 Å². The molecule has 2 heterocycles. The molecular weight excluding hydrogens is 192 g/mol. The van der Waals surface area contributed by atoms with Crippen LogP contribution in [0.25, 0.3) is 0 Å². The fourth-order valence-corrected chi connectivity index (χ4v) is 3.01. The molecule has 1 aromatic carbocycles. The van der Waals surface area contributed by atoms with Crippen LogP contribution in [-0.2, 0) is 0 Å². The van der Waals surface area contributed by atoms with E-state index in [4.69, 9.17) is 0 Å². The van der Waals surface area contributed by atoms with E-state index >= 15 is 0 Å². The van der Waals surface area contributed by atoms with Gasteiger partial charge in [0.25, 0.3) is 0 Å². The highest BCUT2D eigenvalue weighted by atomic mass is 32.2. The van der Waals surface area contributed by atoms with E-state index in [9.17, 15) is 0 Å². The molecule has 0 amide bonds. The van der Waals surface area contributed by atoms with Gasteiger partial charge >= 0.3 is 0 Å². The van der Waals surface area contributed by atoms with Gasteiger partial charge < -0.3 is 4.90 Å². The molecule has 3 heteroatoms. The van der Waals surface area contributed by atoms with E-state index in [2.05, 4.69) is 46.6 Å². The second-order valence-corrected chi connectivity index (χ2v) is 4.48. The SMILES string of the molecule is C1=CC(N2CSc3ccccc32)NC1. The molecule has 2 nitrogen and oxygen atoms in total. The first-order valence-corrected chi connectivity index (χ1v) is 5.82. The van der Waals surface area contributed by atoms with E-state index in [1.165, 1.54) is 10.6 Å². The fraction of sp³-hybridized carbons (Fsp3) is 0.273. The second-order valence-electron chi connectivity index (χ2n) is 3.49. The highest BCUT2D eigenvalue weighted by Crippen LogP contribution is 2.39. The topological polar surface area (TPSA) is 15.3 Å². The summed E-state index contributed by atoms with van der Waals surface area (Å²) in [7, 11) is 0. The molecule has 2 aliphatic rings. The number of nitrogens with zero attached hydrogens (tertiary/aromatic N) is 1. The van der Waals surface area contributed by atoms with Crippen molar-refractivity contribution < 1.29 is 0 Å². The van der Waals surface area contributed by atoms with Crippen LogP contribution < -0.4 is 10.2 Å². The molecule has 0 spiro atoms. The summed E-state index contributed by atoms with van der Waals surface area (Å²) in [5.74, 6) is 1.06. The van der Waals surface area contributed by atoms with E-state index in [-0.39, 0.29) is 0 Å². The van der Waals surface area contributed by atoms with Crippen molar-refractivity contribution in [2.75, 3.05) is 17.3 Å². The van der Waals surface area contributed by atoms with Crippen molar-refractivity contribution in [2.45, 2.75) is 11.1 Å². The highest BCUT2D eigenvalue weighted by molar-refractivity contribution is 7.99. The molecule has 1 aromatic rings. The molecule has 14 heavy (non-hydrogen) atoms. The van der Waals surface area contributed by atoms with Crippen LogP contribution in [0.5, 0.6) is 0 Å². The van der Waals surface area contributed by atoms with E-state index in [0.717, 1.165) is 12.4 Å². The van der Waals surface area contributed by atoms with Crippen molar-refractivity contribution in [2.24, 2.45) is 0 Å². The molecule has 0 saturated carbocycles. The number of para-hydroxylation sites is 1. The van der Waals surface area contributed by atoms with Gasteiger partial charge in [0.2, 0.25) is 0 Å². The smallest absolute Gasteiger partial charge is 0.0998 e. The van der Waals surface area contributed by atoms with Crippen molar-refractivity contribution in [3.63, 3.8) is 0 Å². The van der Waals surface area contributed by atoms with Gasteiger partial charge in [0, 0.05) is 11.4 Å². The Balaban J connectivity index is 1.93. The molecule has 0 fully saturated rings. The van der Waals surface area contributed by atoms with Gasteiger partial charge in [0.1, 0.15) is 0 Å². The number of hydrogen-bond donors (Lipinski definition) is 1. The fourth-order valence-electron chi connectivity index (χ4n) is 1.92. The maximum Gasteiger partial charge on any atom is 0.0998 e. The normalized spacial score (nSPS) is 24.3. The zero-order valence-electron chi connectivity index (χ0n) is 7.81. The minimum Gasteiger partial charge on any atom is -0.342 e. The first-order valence-electron chi connectivity index (χ1n) is 4.84. The molecule has 0 saturated heterocycles. The van der Waals surface area contributed by atoms with Crippen molar-refractivity contribution >= 4 is 17.4 Å². The minimum absolute atomic E-state index is 0.395. The zero-order valence-corrected chi connectivity index (χ0v) is 8.63. The average Bonchev–Trinajstić information content (AvgIpc) is 2.85. The van der Waals surface area contributed by atoms with Crippen LogP contribution in [-0.4, -0.2) is 18.6 Å². The van der Waals surface area contributed by atoms with Crippen molar-refractivity contribution in [3.05, 3.63) is 36.4 Å². The summed E-state index contributed by atoms with van der Waals surface area (Å²) < 4.78 is 0. The Hall–Kier alpha value is -0.930. The number of fused-ring (bicyclic) bond motifs is 1. The highest BCUT2D eigenvalue weighted by Gasteiger charge is 2.25. The lowest BCUT2D eigenvalue weighted by Gasteiger charge is -2.25. The monoisotopic (exact) mass is 204 g/mol. The van der Waals surface area contributed by atoms with E-state index in [1.54, 1.807) is 0 Å². The summed E-state index contributed by atoms with van der Waals surface area (Å²) in [5, 5.41) is 3.44. The molecule has 72 valence electrons. The van der Waals surface area contributed by atoms with Gasteiger partial charge in [0.05, 0.1) is 17.7 Å². The predicted octanol–water partition coefficient (Wildman–Crippen LogP) is 2.04. The number of benzene rings is 1. The van der Waals surface area contributed by atoms with Crippen molar-refractivity contribution in [3.8, 4) is 0 Å². The quantitative estimate of drug-likeness (QED) is 0.705. The molecule has 0 aliphatic carbocycles. The molecule has 2 aliphatic heterocycles. The molecular formula is C11H12N2S. The van der Waals surface area contributed by atoms with Crippen molar-refractivity contribution in [1.29, 1.82) is 0 Å². The second kappa shape index (κ2) is 3.33. The standard InChI is InChI=1S/C11H12N2S/c1-2-5-10-9(4-1)13(8-14-10)11-6-3-7-12-11/h1-6,11-12H,7-8H2. The van der Waals surface area contributed by atoms with E-state index in [0.29, 0.717) is 6.17 Å². The molecule has 1 N–H and O–H groups in total. The van der Waals surface area contributed by atoms with Crippen LogP contribution in [0.2, 0.25) is 0 Å². The predicted molar refractivity (Wildman–Crippen MR) is 60.6 cm³/mol. The lowest BCUT2D eigenvalue weighted by molar-refractivity contribution is 0.649. The largest absolute Gasteiger partial charge is 0.342 e.